The van der Waals surface area contributed by atoms with Crippen LogP contribution in [0.3, 0.4) is 0 Å². The highest BCUT2D eigenvalue weighted by molar-refractivity contribution is 5.28. The van der Waals surface area contributed by atoms with E-state index >= 15 is 0 Å². The van der Waals surface area contributed by atoms with Crippen molar-refractivity contribution >= 4 is 0 Å². The molecule has 88 valence electrons. The van der Waals surface area contributed by atoms with Crippen LogP contribution in [0.5, 0.6) is 5.75 Å². The summed E-state index contributed by atoms with van der Waals surface area (Å²) >= 11 is 0. The molecule has 3 nitrogen and oxygen atoms in total. The Labute approximate surface area is 96.4 Å². The predicted octanol–water partition coefficient (Wildman–Crippen LogP) is 1.35. The molecule has 2 rings (SSSR count). The van der Waals surface area contributed by atoms with Crippen LogP contribution in [0, 0.1) is 0 Å². The van der Waals surface area contributed by atoms with Crippen LogP contribution in [0.4, 0.5) is 0 Å². The van der Waals surface area contributed by atoms with Crippen LogP contribution >= 0.6 is 0 Å². The Balaban J connectivity index is 1.96. The number of hydrogen-bond donors (Lipinski definition) is 2. The Hall–Kier alpha value is -1.06. The van der Waals surface area contributed by atoms with Crippen molar-refractivity contribution in [3.8, 4) is 5.75 Å². The molecule has 2 N–H and O–H groups in total. The summed E-state index contributed by atoms with van der Waals surface area (Å²) < 4.78 is 5.56. The molecule has 3 heteroatoms. The van der Waals surface area contributed by atoms with Crippen LogP contribution in [0.15, 0.2) is 24.3 Å². The maximum atomic E-state index is 9.98. The number of hydrogen-bond acceptors (Lipinski definition) is 3. The van der Waals surface area contributed by atoms with Gasteiger partial charge in [0.1, 0.15) is 5.75 Å². The maximum absolute atomic E-state index is 9.98. The van der Waals surface area contributed by atoms with Crippen LogP contribution < -0.4 is 10.1 Å². The predicted molar refractivity (Wildman–Crippen MR) is 63.7 cm³/mol. The first-order chi connectivity index (χ1) is 7.57. The van der Waals surface area contributed by atoms with Crippen molar-refractivity contribution in [2.45, 2.75) is 32.0 Å². The second-order valence-electron chi connectivity index (χ2n) is 4.82. The number of β-amino-alcohol motifs (C(OH)–C–C–N with tert-alkyl or cyclic N) is 1. The number of aliphatic hydroxyl groups is 1. The van der Waals surface area contributed by atoms with E-state index in [9.17, 15) is 5.11 Å². The van der Waals surface area contributed by atoms with Crippen LogP contribution in [0.25, 0.3) is 0 Å². The van der Waals surface area contributed by atoms with Crippen LogP contribution in [-0.4, -0.2) is 29.9 Å². The lowest BCUT2D eigenvalue weighted by Crippen LogP contribution is -2.60. The molecule has 0 atom stereocenters. The molecule has 0 aromatic heterocycles. The quantitative estimate of drug-likeness (QED) is 0.806. The van der Waals surface area contributed by atoms with Gasteiger partial charge in [-0.3, -0.25) is 0 Å². The molecule has 1 saturated heterocycles. The van der Waals surface area contributed by atoms with Gasteiger partial charge in [-0.05, 0) is 31.5 Å². The number of ether oxygens (including phenoxy) is 1. The van der Waals surface area contributed by atoms with Gasteiger partial charge in [0.2, 0.25) is 0 Å². The van der Waals surface area contributed by atoms with E-state index in [4.69, 9.17) is 4.74 Å². The molecule has 1 aliphatic heterocycles. The molecule has 1 heterocycles. The first-order valence-electron chi connectivity index (χ1n) is 5.76. The van der Waals surface area contributed by atoms with Crippen LogP contribution in [-0.2, 0) is 6.42 Å². The Morgan fingerprint density at radius 1 is 1.31 bits per heavy atom. The molecular formula is C13H19NO2. The van der Waals surface area contributed by atoms with Gasteiger partial charge in [-0.25, -0.2) is 0 Å². The Morgan fingerprint density at radius 3 is 2.38 bits per heavy atom. The average Bonchev–Trinajstić information content (AvgIpc) is 2.18. The summed E-state index contributed by atoms with van der Waals surface area (Å²) in [5.41, 5.74) is 0.612. The summed E-state index contributed by atoms with van der Waals surface area (Å²) in [4.78, 5) is 0. The third kappa shape index (κ3) is 2.74. The zero-order valence-electron chi connectivity index (χ0n) is 9.86. The summed E-state index contributed by atoms with van der Waals surface area (Å²) in [6.45, 7) is 5.40. The first-order valence-corrected chi connectivity index (χ1v) is 5.76. The molecule has 1 fully saturated rings. The summed E-state index contributed by atoms with van der Waals surface area (Å²) in [7, 11) is 0. The normalized spacial score (nSPS) is 18.2. The van der Waals surface area contributed by atoms with E-state index in [0.29, 0.717) is 19.5 Å². The molecular weight excluding hydrogens is 202 g/mol. The van der Waals surface area contributed by atoms with Gasteiger partial charge >= 0.3 is 0 Å². The van der Waals surface area contributed by atoms with Crippen molar-refractivity contribution in [1.29, 1.82) is 0 Å². The lowest BCUT2D eigenvalue weighted by molar-refractivity contribution is -0.00903. The Kier molecular flexibility index (Phi) is 3.17. The molecule has 0 saturated carbocycles. The highest BCUT2D eigenvalue weighted by atomic mass is 16.5. The number of benzene rings is 1. The van der Waals surface area contributed by atoms with Crippen molar-refractivity contribution in [1.82, 2.24) is 5.32 Å². The minimum Gasteiger partial charge on any atom is -0.491 e. The standard InChI is InChI=1S/C13H19NO2/c1-10(2)16-12-5-3-11(4-6-12)7-13(15)8-14-9-13/h3-6,10,14-15H,7-9H2,1-2H3. The number of rotatable bonds is 4. The summed E-state index contributed by atoms with van der Waals surface area (Å²) in [5.74, 6) is 0.887. The van der Waals surface area contributed by atoms with Gasteiger partial charge in [0.15, 0.2) is 0 Å². The molecule has 0 radical (unpaired) electrons. The fourth-order valence-electron chi connectivity index (χ4n) is 1.88. The van der Waals surface area contributed by atoms with Crippen molar-refractivity contribution in [2.24, 2.45) is 0 Å². The topological polar surface area (TPSA) is 41.5 Å². The second kappa shape index (κ2) is 4.44. The largest absolute Gasteiger partial charge is 0.491 e. The SMILES string of the molecule is CC(C)Oc1ccc(CC2(O)CNC2)cc1. The zero-order chi connectivity index (χ0) is 11.6. The maximum Gasteiger partial charge on any atom is 0.119 e. The molecule has 0 unspecified atom stereocenters. The second-order valence-corrected chi connectivity index (χ2v) is 4.82. The van der Waals surface area contributed by atoms with E-state index in [1.807, 2.05) is 38.1 Å². The third-order valence-electron chi connectivity index (χ3n) is 2.74. The third-order valence-corrected chi connectivity index (χ3v) is 2.74. The lowest BCUT2D eigenvalue weighted by Gasteiger charge is -2.37. The van der Waals surface area contributed by atoms with Gasteiger partial charge in [0.05, 0.1) is 11.7 Å². The van der Waals surface area contributed by atoms with E-state index in [1.54, 1.807) is 0 Å². The molecule has 1 aliphatic rings. The Bertz CT molecular complexity index is 341. The van der Waals surface area contributed by atoms with E-state index in [1.165, 1.54) is 0 Å². The lowest BCUT2D eigenvalue weighted by atomic mass is 9.89. The first kappa shape index (κ1) is 11.4. The van der Waals surface area contributed by atoms with E-state index in [2.05, 4.69) is 5.32 Å². The summed E-state index contributed by atoms with van der Waals surface area (Å²) in [6, 6.07) is 7.97. The van der Waals surface area contributed by atoms with Gasteiger partial charge in [0, 0.05) is 19.5 Å². The molecule has 0 amide bonds. The van der Waals surface area contributed by atoms with Gasteiger partial charge in [-0.15, -0.1) is 0 Å². The van der Waals surface area contributed by atoms with Gasteiger partial charge in [-0.1, -0.05) is 12.1 Å². The van der Waals surface area contributed by atoms with Crippen LogP contribution in [0.1, 0.15) is 19.4 Å². The van der Waals surface area contributed by atoms with Crippen molar-refractivity contribution in [2.75, 3.05) is 13.1 Å². The molecule has 1 aromatic rings. The van der Waals surface area contributed by atoms with Crippen LogP contribution in [0.2, 0.25) is 0 Å². The molecule has 0 aliphatic carbocycles. The van der Waals surface area contributed by atoms with E-state index < -0.39 is 5.60 Å². The fourth-order valence-corrected chi connectivity index (χ4v) is 1.88. The molecule has 0 spiro atoms. The minimum atomic E-state index is -0.541. The fraction of sp³-hybridized carbons (Fsp3) is 0.538. The molecule has 16 heavy (non-hydrogen) atoms. The smallest absolute Gasteiger partial charge is 0.119 e. The van der Waals surface area contributed by atoms with Crippen molar-refractivity contribution in [3.63, 3.8) is 0 Å². The highest BCUT2D eigenvalue weighted by Crippen LogP contribution is 2.20. The van der Waals surface area contributed by atoms with Crippen molar-refractivity contribution < 1.29 is 9.84 Å². The van der Waals surface area contributed by atoms with Gasteiger partial charge < -0.3 is 15.2 Å². The number of nitrogens with one attached hydrogen (secondary N) is 1. The average molecular weight is 221 g/mol. The zero-order valence-corrected chi connectivity index (χ0v) is 9.86. The monoisotopic (exact) mass is 221 g/mol. The Morgan fingerprint density at radius 2 is 1.94 bits per heavy atom. The summed E-state index contributed by atoms with van der Waals surface area (Å²) in [5, 5.41) is 13.1. The van der Waals surface area contributed by atoms with Crippen molar-refractivity contribution in [3.05, 3.63) is 29.8 Å². The molecule has 0 bridgehead atoms. The highest BCUT2D eigenvalue weighted by Gasteiger charge is 2.33. The van der Waals surface area contributed by atoms with Gasteiger partial charge in [-0.2, -0.15) is 0 Å². The minimum absolute atomic E-state index is 0.200. The van der Waals surface area contributed by atoms with E-state index in [-0.39, 0.29) is 6.10 Å². The summed E-state index contributed by atoms with van der Waals surface area (Å²) in [6.07, 6.45) is 0.910. The van der Waals surface area contributed by atoms with Gasteiger partial charge in [0.25, 0.3) is 0 Å². The van der Waals surface area contributed by atoms with E-state index in [0.717, 1.165) is 11.3 Å². The molecule has 1 aromatic carbocycles.